The fraction of sp³-hybridized carbons (Fsp3) is 0.133. The predicted molar refractivity (Wildman–Crippen MR) is 70.4 cm³/mol. The van der Waals surface area contributed by atoms with Crippen LogP contribution >= 0.6 is 11.6 Å². The molecule has 2 aromatic rings. The highest BCUT2D eigenvalue weighted by atomic mass is 35.5. The highest BCUT2D eigenvalue weighted by Gasteiger charge is 2.14. The zero-order chi connectivity index (χ0) is 13.0. The van der Waals surface area contributed by atoms with Crippen LogP contribution in [0.15, 0.2) is 54.6 Å². The molecule has 1 atom stereocenters. The molecule has 0 bridgehead atoms. The molecule has 0 saturated heterocycles. The van der Waals surface area contributed by atoms with Gasteiger partial charge in [0.2, 0.25) is 0 Å². The van der Waals surface area contributed by atoms with Gasteiger partial charge in [-0.05, 0) is 17.7 Å². The molecule has 2 aromatic carbocycles. The molecular formula is C15H12ClFO. The van der Waals surface area contributed by atoms with Gasteiger partial charge < -0.3 is 0 Å². The number of alkyl halides is 1. The molecule has 0 saturated carbocycles. The van der Waals surface area contributed by atoms with E-state index in [1.165, 1.54) is 12.1 Å². The molecule has 0 aliphatic carbocycles. The fourth-order valence-corrected chi connectivity index (χ4v) is 1.98. The van der Waals surface area contributed by atoms with Crippen molar-refractivity contribution in [1.29, 1.82) is 0 Å². The molecule has 0 N–H and O–H groups in total. The second kappa shape index (κ2) is 5.78. The smallest absolute Gasteiger partial charge is 0.164 e. The minimum absolute atomic E-state index is 0.0140. The van der Waals surface area contributed by atoms with Crippen molar-refractivity contribution in [2.75, 3.05) is 0 Å². The first-order valence-corrected chi connectivity index (χ1v) is 6.08. The van der Waals surface area contributed by atoms with Crippen molar-refractivity contribution >= 4 is 17.4 Å². The van der Waals surface area contributed by atoms with Crippen molar-refractivity contribution in [1.82, 2.24) is 0 Å². The van der Waals surface area contributed by atoms with E-state index >= 15 is 0 Å². The highest BCUT2D eigenvalue weighted by molar-refractivity contribution is 6.22. The summed E-state index contributed by atoms with van der Waals surface area (Å²) in [6.07, 6.45) is 0.206. The van der Waals surface area contributed by atoms with Crippen molar-refractivity contribution in [3.8, 4) is 0 Å². The zero-order valence-electron chi connectivity index (χ0n) is 9.64. The van der Waals surface area contributed by atoms with E-state index in [4.69, 9.17) is 11.6 Å². The van der Waals surface area contributed by atoms with E-state index in [9.17, 15) is 9.18 Å². The average Bonchev–Trinajstić information content (AvgIpc) is 2.40. The lowest BCUT2D eigenvalue weighted by Crippen LogP contribution is -2.03. The predicted octanol–water partition coefficient (Wildman–Crippen LogP) is 4.38. The molecule has 0 heterocycles. The Morgan fingerprint density at radius 2 is 1.67 bits per heavy atom. The number of Topliss-reactive ketones (excluding diaryl/α,β-unsaturated/α-hetero) is 1. The van der Waals surface area contributed by atoms with Gasteiger partial charge in [-0.3, -0.25) is 4.79 Å². The Balaban J connectivity index is 2.06. The number of carbonyl (C=O) groups excluding carboxylic acids is 1. The van der Waals surface area contributed by atoms with Crippen molar-refractivity contribution < 1.29 is 9.18 Å². The summed E-state index contributed by atoms with van der Waals surface area (Å²) < 4.78 is 12.8. The van der Waals surface area contributed by atoms with Gasteiger partial charge in [-0.25, -0.2) is 4.39 Å². The number of ketones is 1. The van der Waals surface area contributed by atoms with Crippen LogP contribution in [0.1, 0.15) is 27.7 Å². The fourth-order valence-electron chi connectivity index (χ4n) is 1.69. The number of halogens is 2. The first-order chi connectivity index (χ1) is 8.66. The van der Waals surface area contributed by atoms with E-state index in [1.54, 1.807) is 24.3 Å². The third kappa shape index (κ3) is 3.17. The van der Waals surface area contributed by atoms with Gasteiger partial charge in [-0.1, -0.05) is 42.5 Å². The summed E-state index contributed by atoms with van der Waals surface area (Å²) >= 11 is 6.16. The van der Waals surface area contributed by atoms with Gasteiger partial charge >= 0.3 is 0 Å². The number of carbonyl (C=O) groups is 1. The van der Waals surface area contributed by atoms with E-state index in [0.717, 1.165) is 5.56 Å². The van der Waals surface area contributed by atoms with Crippen LogP contribution in [0.3, 0.4) is 0 Å². The maximum Gasteiger partial charge on any atom is 0.164 e. The van der Waals surface area contributed by atoms with Crippen LogP contribution in [0.2, 0.25) is 0 Å². The Hall–Kier alpha value is -1.67. The SMILES string of the molecule is O=C(CC(Cl)c1ccc(F)cc1)c1ccccc1. The number of rotatable bonds is 4. The van der Waals surface area contributed by atoms with Crippen LogP contribution in [0.25, 0.3) is 0 Å². The van der Waals surface area contributed by atoms with Crippen LogP contribution in [-0.2, 0) is 0 Å². The Morgan fingerprint density at radius 1 is 1.06 bits per heavy atom. The van der Waals surface area contributed by atoms with Gasteiger partial charge in [-0.15, -0.1) is 11.6 Å². The lowest BCUT2D eigenvalue weighted by Gasteiger charge is -2.09. The summed E-state index contributed by atoms with van der Waals surface area (Å²) in [4.78, 5) is 11.9. The molecule has 0 amide bonds. The van der Waals surface area contributed by atoms with E-state index in [0.29, 0.717) is 5.56 Å². The Labute approximate surface area is 110 Å². The minimum Gasteiger partial charge on any atom is -0.294 e. The monoisotopic (exact) mass is 262 g/mol. The Bertz CT molecular complexity index is 522. The van der Waals surface area contributed by atoms with Gasteiger partial charge in [-0.2, -0.15) is 0 Å². The Kier molecular flexibility index (Phi) is 4.11. The third-order valence-electron chi connectivity index (χ3n) is 2.69. The average molecular weight is 263 g/mol. The van der Waals surface area contributed by atoms with Crippen molar-refractivity contribution in [3.63, 3.8) is 0 Å². The van der Waals surface area contributed by atoms with Crippen LogP contribution < -0.4 is 0 Å². The third-order valence-corrected chi connectivity index (χ3v) is 3.10. The summed E-state index contributed by atoms with van der Waals surface area (Å²) in [7, 11) is 0. The van der Waals surface area contributed by atoms with Crippen LogP contribution in [-0.4, -0.2) is 5.78 Å². The molecule has 0 aliphatic heterocycles. The maximum atomic E-state index is 12.8. The molecule has 2 rings (SSSR count). The minimum atomic E-state index is -0.432. The lowest BCUT2D eigenvalue weighted by molar-refractivity contribution is 0.0981. The van der Waals surface area contributed by atoms with Crippen molar-refractivity contribution in [2.24, 2.45) is 0 Å². The lowest BCUT2D eigenvalue weighted by atomic mass is 10.0. The van der Waals surface area contributed by atoms with Crippen LogP contribution in [0.5, 0.6) is 0 Å². The maximum absolute atomic E-state index is 12.8. The summed E-state index contributed by atoms with van der Waals surface area (Å²) in [6.45, 7) is 0. The van der Waals surface area contributed by atoms with Crippen LogP contribution in [0.4, 0.5) is 4.39 Å². The molecule has 3 heteroatoms. The second-order valence-corrected chi connectivity index (χ2v) is 4.54. The molecule has 0 radical (unpaired) electrons. The molecule has 0 spiro atoms. The standard InChI is InChI=1S/C15H12ClFO/c16-14(11-6-8-13(17)9-7-11)10-15(18)12-4-2-1-3-5-12/h1-9,14H,10H2. The van der Waals surface area contributed by atoms with E-state index < -0.39 is 5.38 Å². The molecule has 18 heavy (non-hydrogen) atoms. The normalized spacial score (nSPS) is 12.1. The second-order valence-electron chi connectivity index (χ2n) is 4.01. The zero-order valence-corrected chi connectivity index (χ0v) is 10.4. The summed E-state index contributed by atoms with van der Waals surface area (Å²) in [6, 6.07) is 14.9. The number of benzene rings is 2. The van der Waals surface area contributed by atoms with Gasteiger partial charge in [0.15, 0.2) is 5.78 Å². The van der Waals surface area contributed by atoms with Gasteiger partial charge in [0.1, 0.15) is 5.82 Å². The quantitative estimate of drug-likeness (QED) is 0.590. The van der Waals surface area contributed by atoms with E-state index in [1.807, 2.05) is 18.2 Å². The molecule has 1 nitrogen and oxygen atoms in total. The van der Waals surface area contributed by atoms with Gasteiger partial charge in [0.25, 0.3) is 0 Å². The molecule has 0 aliphatic rings. The molecule has 92 valence electrons. The molecule has 0 aromatic heterocycles. The number of hydrogen-bond donors (Lipinski definition) is 0. The van der Waals surface area contributed by atoms with Crippen molar-refractivity contribution in [3.05, 3.63) is 71.5 Å². The summed E-state index contributed by atoms with van der Waals surface area (Å²) in [5.41, 5.74) is 1.40. The topological polar surface area (TPSA) is 17.1 Å². The number of hydrogen-bond acceptors (Lipinski definition) is 1. The first kappa shape index (κ1) is 12.8. The highest BCUT2D eigenvalue weighted by Crippen LogP contribution is 2.25. The summed E-state index contributed by atoms with van der Waals surface area (Å²) in [5.74, 6) is -0.322. The van der Waals surface area contributed by atoms with E-state index in [2.05, 4.69) is 0 Å². The van der Waals surface area contributed by atoms with Gasteiger partial charge in [0, 0.05) is 12.0 Å². The first-order valence-electron chi connectivity index (χ1n) is 5.64. The molecular weight excluding hydrogens is 251 g/mol. The molecule has 0 fully saturated rings. The molecule has 1 unspecified atom stereocenters. The Morgan fingerprint density at radius 3 is 2.28 bits per heavy atom. The van der Waals surface area contributed by atoms with E-state index in [-0.39, 0.29) is 18.0 Å². The largest absolute Gasteiger partial charge is 0.294 e. The van der Waals surface area contributed by atoms with Crippen molar-refractivity contribution in [2.45, 2.75) is 11.8 Å². The summed E-state index contributed by atoms with van der Waals surface area (Å²) in [5, 5.41) is -0.432. The van der Waals surface area contributed by atoms with Crippen LogP contribution in [0, 0.1) is 5.82 Å². The van der Waals surface area contributed by atoms with Gasteiger partial charge in [0.05, 0.1) is 5.38 Å².